The molecule has 12 aromatic rings. The molecular formula is C74H60N2. The lowest BCUT2D eigenvalue weighted by Gasteiger charge is -2.33. The molecule has 0 radical (unpaired) electrons. The van der Waals surface area contributed by atoms with E-state index < -0.39 is 0 Å². The molecule has 14 rings (SSSR count). The van der Waals surface area contributed by atoms with E-state index in [2.05, 4.69) is 280 Å². The lowest BCUT2D eigenvalue weighted by atomic mass is 9.74. The first-order valence-electron chi connectivity index (χ1n) is 27.6. The number of fused-ring (bicyclic) bond motifs is 10. The van der Waals surface area contributed by atoms with Crippen LogP contribution in [0.4, 0.5) is 34.1 Å². The molecule has 2 aliphatic carbocycles. The van der Waals surface area contributed by atoms with Crippen LogP contribution in [0, 0.1) is 0 Å². The van der Waals surface area contributed by atoms with Gasteiger partial charge in [0.05, 0.1) is 17.1 Å². The molecule has 0 aromatic heterocycles. The minimum atomic E-state index is -0.0717. The van der Waals surface area contributed by atoms with Gasteiger partial charge in [-0.2, -0.15) is 0 Å². The maximum absolute atomic E-state index is 2.59. The van der Waals surface area contributed by atoms with Gasteiger partial charge in [-0.15, -0.1) is 0 Å². The fraction of sp³-hybridized carbons (Fsp3) is 0.135. The Hall–Kier alpha value is -8.72. The van der Waals surface area contributed by atoms with Gasteiger partial charge in [-0.3, -0.25) is 0 Å². The average Bonchev–Trinajstić information content (AvgIpc) is 4.07. The first kappa shape index (κ1) is 45.9. The van der Waals surface area contributed by atoms with Crippen LogP contribution < -0.4 is 9.80 Å². The van der Waals surface area contributed by atoms with E-state index >= 15 is 0 Å². The molecule has 0 amide bonds. The third-order valence-electron chi connectivity index (χ3n) is 18.0. The SMILES string of the molecule is CCC1(CC)c2ccccc2-c2ccc(N(c3ccc(-c4c5ccccc5c(N(c5ccc6c(c5)C(CC)(CC)c5ccccc5-6)c5cccc6ccccc56)c5ccccc45)cc3)c3cccc4ccccc34)cc21. The lowest BCUT2D eigenvalue weighted by Crippen LogP contribution is -2.23. The Kier molecular flexibility index (Phi) is 10.9. The van der Waals surface area contributed by atoms with Crippen molar-refractivity contribution in [2.24, 2.45) is 0 Å². The Morgan fingerprint density at radius 2 is 0.658 bits per heavy atom. The van der Waals surface area contributed by atoms with Crippen LogP contribution in [-0.2, 0) is 10.8 Å². The largest absolute Gasteiger partial charge is 0.310 e. The molecule has 0 fully saturated rings. The third kappa shape index (κ3) is 6.66. The first-order valence-corrected chi connectivity index (χ1v) is 27.6. The highest BCUT2D eigenvalue weighted by Gasteiger charge is 2.42. The van der Waals surface area contributed by atoms with Crippen LogP contribution in [0.15, 0.2) is 243 Å². The zero-order chi connectivity index (χ0) is 51.1. The van der Waals surface area contributed by atoms with Crippen molar-refractivity contribution in [3.8, 4) is 33.4 Å². The van der Waals surface area contributed by atoms with E-state index in [1.54, 1.807) is 0 Å². The summed E-state index contributed by atoms with van der Waals surface area (Å²) in [6.45, 7) is 9.46. The van der Waals surface area contributed by atoms with E-state index in [9.17, 15) is 0 Å². The second-order valence-electron chi connectivity index (χ2n) is 21.2. The van der Waals surface area contributed by atoms with Gasteiger partial charge in [0, 0.05) is 49.4 Å². The zero-order valence-electron chi connectivity index (χ0n) is 43.8. The van der Waals surface area contributed by atoms with Crippen molar-refractivity contribution in [3.05, 3.63) is 265 Å². The second-order valence-corrected chi connectivity index (χ2v) is 21.2. The molecule has 0 saturated heterocycles. The van der Waals surface area contributed by atoms with Gasteiger partial charge in [-0.1, -0.05) is 222 Å². The molecule has 2 nitrogen and oxygen atoms in total. The molecule has 0 N–H and O–H groups in total. The zero-order valence-corrected chi connectivity index (χ0v) is 43.8. The summed E-state index contributed by atoms with van der Waals surface area (Å²) in [5.41, 5.74) is 20.5. The van der Waals surface area contributed by atoms with Gasteiger partial charge in [0.2, 0.25) is 0 Å². The molecule has 0 unspecified atom stereocenters. The second kappa shape index (κ2) is 18.0. The summed E-state index contributed by atoms with van der Waals surface area (Å²) >= 11 is 0. The summed E-state index contributed by atoms with van der Waals surface area (Å²) in [5.74, 6) is 0. The highest BCUT2D eigenvalue weighted by Crippen LogP contribution is 2.57. The van der Waals surface area contributed by atoms with Crippen LogP contribution in [0.25, 0.3) is 76.5 Å². The number of hydrogen-bond acceptors (Lipinski definition) is 2. The minimum absolute atomic E-state index is 0.0459. The average molecular weight is 977 g/mol. The number of benzene rings is 12. The van der Waals surface area contributed by atoms with Crippen molar-refractivity contribution in [1.29, 1.82) is 0 Å². The van der Waals surface area contributed by atoms with E-state index in [0.29, 0.717) is 0 Å². The standard InChI is InChI=1S/C74H60N2/c1-5-73(6-2)65-35-19-17-29-57(65)59-45-43-53(47-67(59)73)75(69-37-21-25-49-23-9-11-27-55(49)69)52-41-39-51(40-42-52)71-61-31-13-15-33-63(61)72(64-34-16-14-32-62(64)71)76(70-38-22-26-50-24-10-12-28-56(50)70)54-44-46-60-58-30-18-20-36-66(58)74(7-3,8-4)68(60)48-54/h9-48H,5-8H2,1-4H3. The molecule has 2 aliphatic rings. The van der Waals surface area contributed by atoms with Crippen molar-refractivity contribution in [3.63, 3.8) is 0 Å². The topological polar surface area (TPSA) is 6.48 Å². The maximum Gasteiger partial charge on any atom is 0.0619 e. The van der Waals surface area contributed by atoms with E-state index in [1.165, 1.54) is 127 Å². The summed E-state index contributed by atoms with van der Waals surface area (Å²) in [4.78, 5) is 5.08. The van der Waals surface area contributed by atoms with Crippen LogP contribution in [-0.4, -0.2) is 0 Å². The van der Waals surface area contributed by atoms with Gasteiger partial charge >= 0.3 is 0 Å². The van der Waals surface area contributed by atoms with Gasteiger partial charge in [-0.25, -0.2) is 0 Å². The highest BCUT2D eigenvalue weighted by atomic mass is 15.2. The lowest BCUT2D eigenvalue weighted by molar-refractivity contribution is 0.490. The highest BCUT2D eigenvalue weighted by molar-refractivity contribution is 6.23. The van der Waals surface area contributed by atoms with Gasteiger partial charge in [0.15, 0.2) is 0 Å². The molecule has 2 heteroatoms. The van der Waals surface area contributed by atoms with Crippen LogP contribution in [0.2, 0.25) is 0 Å². The number of rotatable bonds is 11. The maximum atomic E-state index is 2.59. The first-order chi connectivity index (χ1) is 37.5. The Morgan fingerprint density at radius 1 is 0.289 bits per heavy atom. The van der Waals surface area contributed by atoms with Crippen LogP contribution in [0.1, 0.15) is 75.6 Å². The molecule has 76 heavy (non-hydrogen) atoms. The Balaban J connectivity index is 0.969. The molecule has 366 valence electrons. The number of anilines is 6. The molecular weight excluding hydrogens is 917 g/mol. The smallest absolute Gasteiger partial charge is 0.0619 e. The molecule has 0 spiro atoms. The molecule has 0 bridgehead atoms. The van der Waals surface area contributed by atoms with Crippen molar-refractivity contribution < 1.29 is 0 Å². The Bertz CT molecular complexity index is 4180. The summed E-state index contributed by atoms with van der Waals surface area (Å²) in [6, 6.07) is 91.6. The summed E-state index contributed by atoms with van der Waals surface area (Å²) in [5, 5.41) is 9.75. The summed E-state index contributed by atoms with van der Waals surface area (Å²) in [7, 11) is 0. The van der Waals surface area contributed by atoms with E-state index in [0.717, 1.165) is 31.4 Å². The summed E-state index contributed by atoms with van der Waals surface area (Å²) < 4.78 is 0. The van der Waals surface area contributed by atoms with Crippen molar-refractivity contribution in [2.45, 2.75) is 64.2 Å². The van der Waals surface area contributed by atoms with Gasteiger partial charge in [0.1, 0.15) is 0 Å². The fourth-order valence-corrected chi connectivity index (χ4v) is 14.2. The molecule has 0 atom stereocenters. The Labute approximate surface area is 447 Å². The van der Waals surface area contributed by atoms with Crippen LogP contribution >= 0.6 is 0 Å². The van der Waals surface area contributed by atoms with Gasteiger partial charge in [0.25, 0.3) is 0 Å². The summed E-state index contributed by atoms with van der Waals surface area (Å²) in [6.07, 6.45) is 4.15. The van der Waals surface area contributed by atoms with E-state index in [-0.39, 0.29) is 10.8 Å². The van der Waals surface area contributed by atoms with Crippen molar-refractivity contribution in [2.75, 3.05) is 9.80 Å². The van der Waals surface area contributed by atoms with E-state index in [1.807, 2.05) is 0 Å². The molecule has 0 aliphatic heterocycles. The number of hydrogen-bond donors (Lipinski definition) is 0. The van der Waals surface area contributed by atoms with Crippen LogP contribution in [0.3, 0.4) is 0 Å². The molecule has 12 aromatic carbocycles. The quantitative estimate of drug-likeness (QED) is 0.119. The van der Waals surface area contributed by atoms with Crippen molar-refractivity contribution in [1.82, 2.24) is 0 Å². The van der Waals surface area contributed by atoms with Gasteiger partial charge in [-0.05, 0) is 151 Å². The molecule has 0 saturated carbocycles. The van der Waals surface area contributed by atoms with Gasteiger partial charge < -0.3 is 9.80 Å². The Morgan fingerprint density at radius 3 is 1.14 bits per heavy atom. The predicted molar refractivity (Wildman–Crippen MR) is 325 cm³/mol. The molecule has 0 heterocycles. The fourth-order valence-electron chi connectivity index (χ4n) is 14.2. The normalized spacial score (nSPS) is 13.7. The third-order valence-corrected chi connectivity index (χ3v) is 18.0. The van der Waals surface area contributed by atoms with Crippen LogP contribution in [0.5, 0.6) is 0 Å². The number of nitrogens with zero attached hydrogens (tertiary/aromatic N) is 2. The predicted octanol–water partition coefficient (Wildman–Crippen LogP) is 21.1. The van der Waals surface area contributed by atoms with Crippen molar-refractivity contribution >= 4 is 77.2 Å². The minimum Gasteiger partial charge on any atom is -0.310 e. The van der Waals surface area contributed by atoms with E-state index in [4.69, 9.17) is 0 Å². The monoisotopic (exact) mass is 976 g/mol.